The van der Waals surface area contributed by atoms with Gasteiger partial charge in [-0.15, -0.1) is 0 Å². The number of hydrogen-bond donors (Lipinski definition) is 2. The molecule has 1 aromatic heterocycles. The molecule has 9 heteroatoms. The number of nitrogens with one attached hydrogen (secondary N) is 1. The molecule has 1 heterocycles. The van der Waals surface area contributed by atoms with E-state index in [9.17, 15) is 27.9 Å². The maximum absolute atomic E-state index is 13.3. The maximum atomic E-state index is 13.3. The van der Waals surface area contributed by atoms with E-state index in [2.05, 4.69) is 5.32 Å². The number of benzene rings is 3. The summed E-state index contributed by atoms with van der Waals surface area (Å²) >= 11 is 0. The van der Waals surface area contributed by atoms with E-state index in [1.54, 1.807) is 55.6 Å². The second-order valence-electron chi connectivity index (χ2n) is 7.25. The molecule has 0 saturated heterocycles. The number of halogens is 3. The first kappa shape index (κ1) is 25.2. The van der Waals surface area contributed by atoms with E-state index in [4.69, 9.17) is 0 Å². The van der Waals surface area contributed by atoms with Crippen LogP contribution in [0.2, 0.25) is 0 Å². The minimum absolute atomic E-state index is 0. The van der Waals surface area contributed by atoms with E-state index in [-0.39, 0.29) is 64.1 Å². The number of hydrogen-bond acceptors (Lipinski definition) is 2. The van der Waals surface area contributed by atoms with Gasteiger partial charge >= 0.3 is 63.5 Å². The van der Waals surface area contributed by atoms with Gasteiger partial charge in [-0.25, -0.2) is 4.79 Å². The van der Waals surface area contributed by atoms with Gasteiger partial charge in [0.15, 0.2) is 0 Å². The third-order valence-corrected chi connectivity index (χ3v) is 5.20. The number of anilines is 1. The molecule has 3 aromatic carbocycles. The van der Waals surface area contributed by atoms with Crippen LogP contribution in [0.4, 0.5) is 18.9 Å². The summed E-state index contributed by atoms with van der Waals surface area (Å²) < 4.78 is 41.4. The first-order chi connectivity index (χ1) is 15.1. The number of carboxylic acids is 1. The summed E-state index contributed by atoms with van der Waals surface area (Å²) in [5.74, 6) is -1.80. The van der Waals surface area contributed by atoms with Crippen LogP contribution in [-0.2, 0) is 13.2 Å². The molecule has 5 nitrogen and oxygen atoms in total. The Bertz CT molecular complexity index is 1360. The zero-order valence-corrected chi connectivity index (χ0v) is 20.9. The van der Waals surface area contributed by atoms with E-state index in [1.807, 2.05) is 0 Å². The minimum Gasteiger partial charge on any atom is -1.00 e. The van der Waals surface area contributed by atoms with Crippen molar-refractivity contribution in [2.24, 2.45) is 7.05 Å². The number of alkyl halides is 3. The van der Waals surface area contributed by atoms with Crippen LogP contribution in [0.15, 0.2) is 72.8 Å². The fourth-order valence-corrected chi connectivity index (χ4v) is 3.61. The molecule has 0 spiro atoms. The van der Waals surface area contributed by atoms with E-state index < -0.39 is 23.6 Å². The van der Waals surface area contributed by atoms with Crippen LogP contribution in [0.3, 0.4) is 0 Å². The number of carboxylic acid groups (broad SMARTS) is 1. The molecule has 0 aliphatic heterocycles. The average molecular weight is 479 g/mol. The Labute approximate surface area is 231 Å². The summed E-state index contributed by atoms with van der Waals surface area (Å²) in [6, 6.07) is 18.0. The van der Waals surface area contributed by atoms with Crippen molar-refractivity contribution in [3.63, 3.8) is 0 Å². The topological polar surface area (TPSA) is 71.3 Å². The van der Waals surface area contributed by atoms with Crippen LogP contribution >= 0.6 is 0 Å². The van der Waals surface area contributed by atoms with Gasteiger partial charge in [-0.3, -0.25) is 4.79 Å². The van der Waals surface area contributed by atoms with Crippen LogP contribution < -0.4 is 56.7 Å². The molecule has 33 heavy (non-hydrogen) atoms. The largest absolute Gasteiger partial charge is 1.00 e. The molecule has 0 unspecified atom stereocenters. The number of aromatic carboxylic acids is 1. The van der Waals surface area contributed by atoms with Gasteiger partial charge in [-0.2, -0.15) is 13.2 Å². The number of carbonyl (C=O) groups excluding carboxylic acids is 1. The molecule has 164 valence electrons. The first-order valence-corrected chi connectivity index (χ1v) is 9.56. The molecule has 0 bridgehead atoms. The van der Waals surface area contributed by atoms with Crippen LogP contribution in [-0.4, -0.2) is 21.6 Å². The molecule has 4 aromatic rings. The average Bonchev–Trinajstić information content (AvgIpc) is 3.09. The zero-order valence-electron chi connectivity index (χ0n) is 18.8. The Kier molecular flexibility index (Phi) is 7.50. The van der Waals surface area contributed by atoms with E-state index in [0.29, 0.717) is 27.7 Å². The predicted octanol–water partition coefficient (Wildman–Crippen LogP) is 2.93. The number of aryl methyl sites for hydroxylation is 1. The number of carbonyl (C=O) groups is 2. The fourth-order valence-electron chi connectivity index (χ4n) is 3.61. The molecule has 0 saturated carbocycles. The van der Waals surface area contributed by atoms with Gasteiger partial charge in [0, 0.05) is 29.2 Å². The van der Waals surface area contributed by atoms with E-state index in [1.165, 1.54) is 16.7 Å². The molecular formula is C24H18F3KN2O3. The third kappa shape index (κ3) is 5.23. The van der Waals surface area contributed by atoms with Gasteiger partial charge in [0.2, 0.25) is 0 Å². The molecule has 2 N–H and O–H groups in total. The standard InChI is InChI=1S/C24H17F3N2O3.K.H/c1-29-20-10-8-17(11-15(20)12-21(29)23(31)32)28-22(30)19-13-16(24(25,26)27)7-9-18(19)14-5-3-2-4-6-14;;/h2-13H,1H3,(H,28,30)(H,31,32);;/q;+1;-1. The summed E-state index contributed by atoms with van der Waals surface area (Å²) in [7, 11) is 1.61. The van der Waals surface area contributed by atoms with Crippen molar-refractivity contribution in [1.29, 1.82) is 0 Å². The summed E-state index contributed by atoms with van der Waals surface area (Å²) in [5.41, 5.74) is 0.983. The molecule has 0 aliphatic rings. The van der Waals surface area contributed by atoms with Crippen molar-refractivity contribution in [2.45, 2.75) is 6.18 Å². The quantitative estimate of drug-likeness (QED) is 0.443. The normalized spacial score (nSPS) is 11.2. The molecule has 0 fully saturated rings. The van der Waals surface area contributed by atoms with Gasteiger partial charge in [0.1, 0.15) is 5.69 Å². The summed E-state index contributed by atoms with van der Waals surface area (Å²) in [5, 5.41) is 12.5. The Morgan fingerprint density at radius 2 is 1.67 bits per heavy atom. The summed E-state index contributed by atoms with van der Waals surface area (Å²) in [4.78, 5) is 24.4. The summed E-state index contributed by atoms with van der Waals surface area (Å²) in [6.07, 6.45) is -4.60. The molecule has 4 rings (SSSR count). The monoisotopic (exact) mass is 478 g/mol. The SMILES string of the molecule is Cn1c(C(=O)O)cc2cc(NC(=O)c3cc(C(F)(F)F)ccc3-c3ccccc3)ccc21.[H-].[K+]. The van der Waals surface area contributed by atoms with Crippen molar-refractivity contribution >= 4 is 28.5 Å². The van der Waals surface area contributed by atoms with Crippen LogP contribution in [0, 0.1) is 0 Å². The molecule has 1 amide bonds. The number of fused-ring (bicyclic) bond motifs is 1. The van der Waals surface area contributed by atoms with Crippen molar-refractivity contribution in [1.82, 2.24) is 4.57 Å². The van der Waals surface area contributed by atoms with Gasteiger partial charge in [-0.1, -0.05) is 36.4 Å². The predicted molar refractivity (Wildman–Crippen MR) is 116 cm³/mol. The number of aromatic nitrogens is 1. The summed E-state index contributed by atoms with van der Waals surface area (Å²) in [6.45, 7) is 0. The number of rotatable bonds is 4. The van der Waals surface area contributed by atoms with Crippen molar-refractivity contribution in [2.75, 3.05) is 5.32 Å². The first-order valence-electron chi connectivity index (χ1n) is 9.56. The zero-order chi connectivity index (χ0) is 23.0. The van der Waals surface area contributed by atoms with Gasteiger partial charge in [-0.05, 0) is 47.5 Å². The third-order valence-electron chi connectivity index (χ3n) is 5.20. The molecule has 0 aliphatic carbocycles. The Morgan fingerprint density at radius 1 is 0.970 bits per heavy atom. The molecule has 0 atom stereocenters. The number of amides is 1. The molecule has 0 radical (unpaired) electrons. The smallest absolute Gasteiger partial charge is 1.00 e. The maximum Gasteiger partial charge on any atom is 1.00 e. The molecular weight excluding hydrogens is 460 g/mol. The van der Waals surface area contributed by atoms with Crippen molar-refractivity contribution < 1.29 is 80.7 Å². The number of nitrogens with zero attached hydrogens (tertiary/aromatic N) is 1. The van der Waals surface area contributed by atoms with E-state index >= 15 is 0 Å². The van der Waals surface area contributed by atoms with Crippen molar-refractivity contribution in [3.8, 4) is 11.1 Å². The fraction of sp³-hybridized carbons (Fsp3) is 0.0833. The van der Waals surface area contributed by atoms with Gasteiger partial charge in [0.05, 0.1) is 5.56 Å². The van der Waals surface area contributed by atoms with Gasteiger partial charge < -0.3 is 16.4 Å². The Morgan fingerprint density at radius 3 is 2.30 bits per heavy atom. The second-order valence-corrected chi connectivity index (χ2v) is 7.25. The minimum atomic E-state index is -4.60. The Balaban J connectivity index is 0.00000204. The Hall–Kier alpha value is -2.43. The van der Waals surface area contributed by atoms with Crippen LogP contribution in [0.5, 0.6) is 0 Å². The second kappa shape index (κ2) is 9.82. The van der Waals surface area contributed by atoms with Crippen LogP contribution in [0.1, 0.15) is 27.8 Å². The van der Waals surface area contributed by atoms with Crippen LogP contribution in [0.25, 0.3) is 22.0 Å². The van der Waals surface area contributed by atoms with Gasteiger partial charge in [0.25, 0.3) is 5.91 Å². The van der Waals surface area contributed by atoms with Crippen molar-refractivity contribution in [3.05, 3.63) is 89.6 Å². The van der Waals surface area contributed by atoms with E-state index in [0.717, 1.165) is 12.1 Å².